The van der Waals surface area contributed by atoms with Gasteiger partial charge in [0, 0.05) is 13.1 Å². The van der Waals surface area contributed by atoms with Crippen LogP contribution in [0.5, 0.6) is 0 Å². The van der Waals surface area contributed by atoms with E-state index in [2.05, 4.69) is 15.1 Å². The maximum atomic E-state index is 11.5. The van der Waals surface area contributed by atoms with E-state index in [-0.39, 0.29) is 24.5 Å². The second-order valence-electron chi connectivity index (χ2n) is 6.09. The monoisotopic (exact) mass is 362 g/mol. The Morgan fingerprint density at radius 1 is 1.38 bits per heavy atom. The highest BCUT2D eigenvalue weighted by atomic mass is 32.2. The lowest BCUT2D eigenvalue weighted by Crippen LogP contribution is -2.33. The number of rotatable bonds is 7. The maximum absolute atomic E-state index is 11.5. The van der Waals surface area contributed by atoms with E-state index in [9.17, 15) is 18.0 Å². The second kappa shape index (κ2) is 7.51. The van der Waals surface area contributed by atoms with Gasteiger partial charge in [-0.3, -0.25) is 4.72 Å². The summed E-state index contributed by atoms with van der Waals surface area (Å²) in [5.41, 5.74) is -0.852. The molecule has 0 radical (unpaired) electrons. The molecule has 0 unspecified atom stereocenters. The summed E-state index contributed by atoms with van der Waals surface area (Å²) in [5.74, 6) is -1.42. The third-order valence-corrected chi connectivity index (χ3v) is 3.13. The minimum Gasteiger partial charge on any atom is -0.477 e. The van der Waals surface area contributed by atoms with Crippen molar-refractivity contribution >= 4 is 27.9 Å². The first kappa shape index (κ1) is 19.7. The van der Waals surface area contributed by atoms with Crippen molar-refractivity contribution in [2.75, 3.05) is 17.5 Å². The van der Waals surface area contributed by atoms with Crippen LogP contribution in [0.4, 0.5) is 10.6 Å². The Bertz CT molecular complexity index is 705. The van der Waals surface area contributed by atoms with Gasteiger partial charge in [0.05, 0.1) is 12.5 Å². The van der Waals surface area contributed by atoms with Gasteiger partial charge >= 0.3 is 12.1 Å². The van der Waals surface area contributed by atoms with Gasteiger partial charge in [0.15, 0.2) is 5.82 Å². The molecular formula is C13H22N4O6S. The lowest BCUT2D eigenvalue weighted by atomic mass is 10.2. The molecule has 1 aromatic rings. The van der Waals surface area contributed by atoms with Gasteiger partial charge in [0.1, 0.15) is 11.2 Å². The van der Waals surface area contributed by atoms with E-state index < -0.39 is 27.7 Å². The molecule has 0 saturated heterocycles. The van der Waals surface area contributed by atoms with Gasteiger partial charge in [-0.05, 0) is 27.2 Å². The molecule has 0 spiro atoms. The molecule has 0 aliphatic heterocycles. The number of carbonyl (C=O) groups excluding carboxylic acids is 1. The number of aromatic nitrogens is 2. The molecule has 0 aliphatic rings. The number of carboxylic acids is 1. The number of hydrogen-bond donors (Lipinski definition) is 3. The Hall–Kier alpha value is -2.30. The van der Waals surface area contributed by atoms with E-state index in [1.54, 1.807) is 20.8 Å². The van der Waals surface area contributed by atoms with Crippen LogP contribution in [0.2, 0.25) is 0 Å². The summed E-state index contributed by atoms with van der Waals surface area (Å²) in [6.07, 6.45) is 1.82. The molecule has 0 aliphatic carbocycles. The SMILES string of the molecule is CC(C)(C)OC(=O)NCCCn1ncc(C(=O)O)c1NS(C)(=O)=O. The van der Waals surface area contributed by atoms with Crippen molar-refractivity contribution in [3.63, 3.8) is 0 Å². The number of carboxylic acid groups (broad SMARTS) is 1. The lowest BCUT2D eigenvalue weighted by molar-refractivity contribution is 0.0526. The molecule has 136 valence electrons. The number of carbonyl (C=O) groups is 2. The highest BCUT2D eigenvalue weighted by molar-refractivity contribution is 7.92. The molecule has 3 N–H and O–H groups in total. The van der Waals surface area contributed by atoms with Crippen molar-refractivity contribution in [3.8, 4) is 0 Å². The van der Waals surface area contributed by atoms with Crippen molar-refractivity contribution in [2.24, 2.45) is 0 Å². The van der Waals surface area contributed by atoms with E-state index in [0.717, 1.165) is 12.5 Å². The summed E-state index contributed by atoms with van der Waals surface area (Å²) in [5, 5.41) is 15.5. The van der Waals surface area contributed by atoms with Crippen molar-refractivity contribution in [1.29, 1.82) is 0 Å². The van der Waals surface area contributed by atoms with Crippen molar-refractivity contribution < 1.29 is 27.9 Å². The number of amides is 1. The van der Waals surface area contributed by atoms with Crippen molar-refractivity contribution in [2.45, 2.75) is 39.3 Å². The topological polar surface area (TPSA) is 140 Å². The van der Waals surface area contributed by atoms with E-state index in [4.69, 9.17) is 9.84 Å². The largest absolute Gasteiger partial charge is 0.477 e. The lowest BCUT2D eigenvalue weighted by Gasteiger charge is -2.19. The first-order valence-electron chi connectivity index (χ1n) is 7.13. The summed E-state index contributed by atoms with van der Waals surface area (Å²) >= 11 is 0. The zero-order valence-electron chi connectivity index (χ0n) is 14.0. The highest BCUT2D eigenvalue weighted by Gasteiger charge is 2.20. The molecule has 0 saturated carbocycles. The summed E-state index contributed by atoms with van der Waals surface area (Å²) in [6.45, 7) is 5.70. The van der Waals surface area contributed by atoms with Crippen LogP contribution in [0.25, 0.3) is 0 Å². The normalized spacial score (nSPS) is 11.8. The highest BCUT2D eigenvalue weighted by Crippen LogP contribution is 2.17. The first-order valence-corrected chi connectivity index (χ1v) is 9.02. The fourth-order valence-corrected chi connectivity index (χ4v) is 2.29. The van der Waals surface area contributed by atoms with Gasteiger partial charge in [-0.25, -0.2) is 22.7 Å². The molecule has 11 heteroatoms. The molecule has 24 heavy (non-hydrogen) atoms. The number of nitrogens with zero attached hydrogens (tertiary/aromatic N) is 2. The molecule has 0 bridgehead atoms. The Kier molecular flexibility index (Phi) is 6.18. The molecule has 0 fully saturated rings. The van der Waals surface area contributed by atoms with Gasteiger partial charge in [0.2, 0.25) is 10.0 Å². The molecular weight excluding hydrogens is 340 g/mol. The Morgan fingerprint density at radius 2 is 2.00 bits per heavy atom. The Morgan fingerprint density at radius 3 is 2.50 bits per heavy atom. The van der Waals surface area contributed by atoms with Crippen LogP contribution >= 0.6 is 0 Å². The van der Waals surface area contributed by atoms with Crippen LogP contribution in [0.3, 0.4) is 0 Å². The van der Waals surface area contributed by atoms with Crippen LogP contribution in [0, 0.1) is 0 Å². The zero-order chi connectivity index (χ0) is 18.5. The van der Waals surface area contributed by atoms with E-state index >= 15 is 0 Å². The van der Waals surface area contributed by atoms with Gasteiger partial charge in [-0.1, -0.05) is 0 Å². The fraction of sp³-hybridized carbons (Fsp3) is 0.615. The summed E-state index contributed by atoms with van der Waals surface area (Å²) < 4.78 is 31.2. The first-order chi connectivity index (χ1) is 10.9. The molecule has 1 amide bonds. The zero-order valence-corrected chi connectivity index (χ0v) is 14.8. The summed E-state index contributed by atoms with van der Waals surface area (Å²) in [7, 11) is -3.65. The average molecular weight is 362 g/mol. The molecule has 0 atom stereocenters. The Labute approximate surface area is 140 Å². The van der Waals surface area contributed by atoms with Gasteiger partial charge in [0.25, 0.3) is 0 Å². The quantitative estimate of drug-likeness (QED) is 0.611. The maximum Gasteiger partial charge on any atom is 0.407 e. The minimum atomic E-state index is -3.65. The number of nitrogens with one attached hydrogen (secondary N) is 2. The Balaban J connectivity index is 2.65. The number of anilines is 1. The standard InChI is InChI=1S/C13H22N4O6S/c1-13(2,3)23-12(20)14-6-5-7-17-10(16-24(4,21)22)9(8-15-17)11(18)19/h8,16H,5-7H2,1-4H3,(H,14,20)(H,18,19). The van der Waals surface area contributed by atoms with E-state index in [0.29, 0.717) is 6.42 Å². The summed E-state index contributed by atoms with van der Waals surface area (Å²) in [6, 6.07) is 0. The fourth-order valence-electron chi connectivity index (χ4n) is 1.73. The molecule has 0 aromatic carbocycles. The van der Waals surface area contributed by atoms with Crippen LogP contribution in [0.1, 0.15) is 37.6 Å². The minimum absolute atomic E-state index is 0.123. The molecule has 1 aromatic heterocycles. The van der Waals surface area contributed by atoms with Crippen molar-refractivity contribution in [3.05, 3.63) is 11.8 Å². The van der Waals surface area contributed by atoms with Crippen LogP contribution < -0.4 is 10.0 Å². The average Bonchev–Trinajstić information content (AvgIpc) is 2.73. The molecule has 1 heterocycles. The van der Waals surface area contributed by atoms with E-state index in [1.165, 1.54) is 4.68 Å². The number of aryl methyl sites for hydroxylation is 1. The number of aromatic carboxylic acids is 1. The predicted molar refractivity (Wildman–Crippen MR) is 86.5 cm³/mol. The van der Waals surface area contributed by atoms with Crippen LogP contribution in [-0.4, -0.2) is 53.8 Å². The third kappa shape index (κ3) is 6.86. The number of sulfonamides is 1. The van der Waals surface area contributed by atoms with Gasteiger partial charge in [-0.15, -0.1) is 0 Å². The third-order valence-electron chi connectivity index (χ3n) is 2.57. The number of hydrogen-bond acceptors (Lipinski definition) is 6. The number of ether oxygens (including phenoxy) is 1. The predicted octanol–water partition coefficient (Wildman–Crippen LogP) is 0.868. The number of alkyl carbamates (subject to hydrolysis) is 1. The second-order valence-corrected chi connectivity index (χ2v) is 7.84. The smallest absolute Gasteiger partial charge is 0.407 e. The molecule has 10 nitrogen and oxygen atoms in total. The van der Waals surface area contributed by atoms with Crippen LogP contribution in [0.15, 0.2) is 6.20 Å². The van der Waals surface area contributed by atoms with Gasteiger partial charge < -0.3 is 15.2 Å². The van der Waals surface area contributed by atoms with E-state index in [1.807, 2.05) is 0 Å². The van der Waals surface area contributed by atoms with Gasteiger partial charge in [-0.2, -0.15) is 5.10 Å². The van der Waals surface area contributed by atoms with Crippen molar-refractivity contribution in [1.82, 2.24) is 15.1 Å². The molecule has 1 rings (SSSR count). The summed E-state index contributed by atoms with van der Waals surface area (Å²) in [4.78, 5) is 22.6. The van der Waals surface area contributed by atoms with Crippen LogP contribution in [-0.2, 0) is 21.3 Å².